The van der Waals surface area contributed by atoms with Crippen molar-refractivity contribution in [3.8, 4) is 0 Å². The first-order valence-electron chi connectivity index (χ1n) is 10.8. The van der Waals surface area contributed by atoms with Crippen LogP contribution < -0.4 is 10.6 Å². The summed E-state index contributed by atoms with van der Waals surface area (Å²) in [6.45, 7) is -0.732. The smallest absolute Gasteiger partial charge is 0.321 e. The summed E-state index contributed by atoms with van der Waals surface area (Å²) in [5, 5.41) is 63.6. The Kier molecular flexibility index (Phi) is 7.23. The van der Waals surface area contributed by atoms with Gasteiger partial charge in [-0.3, -0.25) is 9.80 Å². The molecule has 0 saturated carbocycles. The predicted molar refractivity (Wildman–Crippen MR) is 104 cm³/mol. The van der Waals surface area contributed by atoms with Crippen LogP contribution in [0.3, 0.4) is 0 Å². The summed E-state index contributed by atoms with van der Waals surface area (Å²) in [5.74, 6) is 0. The Balaban J connectivity index is 1.27. The van der Waals surface area contributed by atoms with E-state index in [-0.39, 0.29) is 13.1 Å². The minimum Gasteiger partial charge on any atom is -0.394 e. The van der Waals surface area contributed by atoms with Gasteiger partial charge in [0.2, 0.25) is 0 Å². The minimum atomic E-state index is -1.37. The van der Waals surface area contributed by atoms with Crippen LogP contribution in [0.2, 0.25) is 0 Å². The predicted octanol–water partition coefficient (Wildman–Crippen LogP) is -4.64. The van der Waals surface area contributed by atoms with Crippen LogP contribution in [0.5, 0.6) is 0 Å². The lowest BCUT2D eigenvalue weighted by Crippen LogP contribution is -2.62. The molecule has 4 heterocycles. The van der Waals surface area contributed by atoms with Crippen LogP contribution >= 0.6 is 0 Å². The van der Waals surface area contributed by atoms with Gasteiger partial charge < -0.3 is 55.5 Å². The van der Waals surface area contributed by atoms with Crippen molar-refractivity contribution >= 4 is 12.1 Å². The van der Waals surface area contributed by atoms with E-state index >= 15 is 0 Å². The second kappa shape index (κ2) is 9.81. The van der Waals surface area contributed by atoms with Crippen LogP contribution in [0, 0.1) is 0 Å². The number of hydrogen-bond acceptors (Lipinski definition) is 11. The molecule has 15 heteroatoms. The van der Waals surface area contributed by atoms with Crippen molar-refractivity contribution in [2.45, 2.75) is 74.4 Å². The fourth-order valence-electron chi connectivity index (χ4n) is 4.46. The van der Waals surface area contributed by atoms with Gasteiger partial charge in [0, 0.05) is 25.9 Å². The number of aliphatic hydroxyl groups is 6. The van der Waals surface area contributed by atoms with E-state index in [4.69, 9.17) is 14.2 Å². The Labute approximate surface area is 188 Å². The fourth-order valence-corrected chi connectivity index (χ4v) is 4.46. The first-order valence-corrected chi connectivity index (χ1v) is 10.8. The molecule has 4 aliphatic rings. The van der Waals surface area contributed by atoms with Gasteiger partial charge in [-0.15, -0.1) is 0 Å². The van der Waals surface area contributed by atoms with Crippen LogP contribution in [0.1, 0.15) is 12.8 Å². The van der Waals surface area contributed by atoms with E-state index in [1.54, 1.807) is 0 Å². The molecule has 4 amide bonds. The summed E-state index contributed by atoms with van der Waals surface area (Å²) >= 11 is 0. The van der Waals surface area contributed by atoms with E-state index in [9.17, 15) is 40.2 Å². The number of amides is 4. The first-order chi connectivity index (χ1) is 15.7. The molecule has 4 aliphatic heterocycles. The molecule has 188 valence electrons. The molecule has 0 spiro atoms. The van der Waals surface area contributed by atoms with Gasteiger partial charge in [0.1, 0.15) is 49.1 Å². The lowest BCUT2D eigenvalue weighted by molar-refractivity contribution is -0.118. The number of ether oxygens (including phenoxy) is 3. The molecule has 0 aromatic heterocycles. The topological polar surface area (TPSA) is 214 Å². The van der Waals surface area contributed by atoms with E-state index < -0.39 is 86.8 Å². The highest BCUT2D eigenvalue weighted by molar-refractivity contribution is 5.76. The van der Waals surface area contributed by atoms with E-state index in [1.807, 2.05) is 0 Å². The minimum absolute atomic E-state index is 0.137. The Morgan fingerprint density at radius 1 is 0.758 bits per heavy atom. The van der Waals surface area contributed by atoms with Crippen LogP contribution in [0.25, 0.3) is 0 Å². The molecule has 4 rings (SSSR count). The number of urea groups is 2. The molecule has 0 aliphatic carbocycles. The van der Waals surface area contributed by atoms with Crippen molar-refractivity contribution in [2.24, 2.45) is 0 Å². The Bertz CT molecular complexity index is 674. The summed E-state index contributed by atoms with van der Waals surface area (Å²) in [5.41, 5.74) is 0. The molecular formula is C18H30N4O11. The van der Waals surface area contributed by atoms with E-state index in [0.29, 0.717) is 12.8 Å². The third-order valence-corrected chi connectivity index (χ3v) is 6.33. The van der Waals surface area contributed by atoms with Gasteiger partial charge in [-0.1, -0.05) is 0 Å². The Morgan fingerprint density at radius 3 is 1.45 bits per heavy atom. The van der Waals surface area contributed by atoms with Gasteiger partial charge in [0.05, 0.1) is 13.2 Å². The maximum atomic E-state index is 12.5. The third-order valence-electron chi connectivity index (χ3n) is 6.33. The highest BCUT2D eigenvalue weighted by Gasteiger charge is 2.49. The fraction of sp³-hybridized carbons (Fsp3) is 0.889. The van der Waals surface area contributed by atoms with Crippen molar-refractivity contribution < 1.29 is 54.4 Å². The van der Waals surface area contributed by atoms with Crippen LogP contribution in [0.15, 0.2) is 0 Å². The van der Waals surface area contributed by atoms with Crippen molar-refractivity contribution in [2.75, 3.05) is 26.3 Å². The molecule has 10 atom stereocenters. The van der Waals surface area contributed by atoms with Gasteiger partial charge in [0.15, 0.2) is 12.5 Å². The van der Waals surface area contributed by atoms with E-state index in [2.05, 4.69) is 10.6 Å². The zero-order chi connectivity index (χ0) is 23.9. The number of aliphatic hydroxyl groups excluding tert-OH is 6. The number of nitrogens with one attached hydrogen (secondary N) is 2. The van der Waals surface area contributed by atoms with Gasteiger partial charge in [-0.25, -0.2) is 9.59 Å². The maximum absolute atomic E-state index is 12.5. The molecule has 15 nitrogen and oxygen atoms in total. The molecule has 0 aromatic carbocycles. The number of carbonyl (C=O) groups excluding carboxylic acids is 2. The lowest BCUT2D eigenvalue weighted by atomic mass is 10.1. The molecular weight excluding hydrogens is 448 g/mol. The number of rotatable bonds is 6. The van der Waals surface area contributed by atoms with Gasteiger partial charge in [-0.2, -0.15) is 0 Å². The van der Waals surface area contributed by atoms with Gasteiger partial charge >= 0.3 is 12.1 Å². The lowest BCUT2D eigenvalue weighted by Gasteiger charge is -2.40. The van der Waals surface area contributed by atoms with Crippen molar-refractivity contribution in [1.29, 1.82) is 0 Å². The molecule has 8 N–H and O–H groups in total. The molecule has 33 heavy (non-hydrogen) atoms. The summed E-state index contributed by atoms with van der Waals surface area (Å²) in [6.07, 6.45) is -10.5. The van der Waals surface area contributed by atoms with Gasteiger partial charge in [0.25, 0.3) is 0 Å². The highest BCUT2D eigenvalue weighted by Crippen LogP contribution is 2.28. The summed E-state index contributed by atoms with van der Waals surface area (Å²) in [6, 6.07) is -1.20. The SMILES string of the molecule is O=C1N[C@H](O[C@@H]2CCN([C@H]3O[C@@H](CO)[C@@H](O)[C@H]3O)C(=O)N2)CCN1[C@H]1O[C@@H](CO)[C@@H](O)[C@H]1O. The zero-order valence-electron chi connectivity index (χ0n) is 17.6. The Morgan fingerprint density at radius 2 is 1.15 bits per heavy atom. The quantitative estimate of drug-likeness (QED) is 0.182. The average molecular weight is 478 g/mol. The standard InChI is InChI=1S/C18H30N4O11/c23-5-7-11(25)13(27)15(31-7)21-3-1-9(19-17(21)29)33-10-2-4-22(18(30)20-10)16-14(28)12(26)8(6-24)32-16/h7-16,23-28H,1-6H2,(H,19,29)(H,20,30)/t7-,8-,9+,10+,11+,12+,13+,14+,15-,16-/m0/s1. The van der Waals surface area contributed by atoms with Crippen LogP contribution in [-0.2, 0) is 14.2 Å². The second-order valence-corrected chi connectivity index (χ2v) is 8.43. The molecule has 0 aromatic rings. The van der Waals surface area contributed by atoms with E-state index in [0.717, 1.165) is 0 Å². The number of hydrogen-bond donors (Lipinski definition) is 8. The van der Waals surface area contributed by atoms with Crippen molar-refractivity contribution in [3.63, 3.8) is 0 Å². The summed E-state index contributed by atoms with van der Waals surface area (Å²) in [4.78, 5) is 27.4. The molecule has 0 radical (unpaired) electrons. The average Bonchev–Trinajstić information content (AvgIpc) is 3.24. The van der Waals surface area contributed by atoms with Gasteiger partial charge in [-0.05, 0) is 0 Å². The molecule has 0 unspecified atom stereocenters. The van der Waals surface area contributed by atoms with Crippen molar-refractivity contribution in [3.05, 3.63) is 0 Å². The zero-order valence-corrected chi connectivity index (χ0v) is 17.6. The molecule has 4 fully saturated rings. The highest BCUT2D eigenvalue weighted by atomic mass is 16.6. The first kappa shape index (κ1) is 24.3. The van der Waals surface area contributed by atoms with Crippen LogP contribution in [0.4, 0.5) is 9.59 Å². The number of nitrogens with zero attached hydrogens (tertiary/aromatic N) is 2. The monoisotopic (exact) mass is 478 g/mol. The molecule has 0 bridgehead atoms. The Hall–Kier alpha value is -1.82. The molecule has 4 saturated heterocycles. The largest absolute Gasteiger partial charge is 0.394 e. The van der Waals surface area contributed by atoms with Crippen LogP contribution in [-0.4, -0.2) is 140 Å². The summed E-state index contributed by atoms with van der Waals surface area (Å²) < 4.78 is 16.5. The third kappa shape index (κ3) is 4.60. The second-order valence-electron chi connectivity index (χ2n) is 8.43. The number of carbonyl (C=O) groups is 2. The summed E-state index contributed by atoms with van der Waals surface area (Å²) in [7, 11) is 0. The van der Waals surface area contributed by atoms with Crippen molar-refractivity contribution in [1.82, 2.24) is 20.4 Å². The normalized spacial score (nSPS) is 44.2. The van der Waals surface area contributed by atoms with E-state index in [1.165, 1.54) is 9.80 Å². The maximum Gasteiger partial charge on any atom is 0.321 e.